The number of benzene rings is 2. The van der Waals surface area contributed by atoms with Gasteiger partial charge in [0.25, 0.3) is 5.69 Å². The zero-order chi connectivity index (χ0) is 25.9. The summed E-state index contributed by atoms with van der Waals surface area (Å²) >= 11 is 1.54. The molecule has 12 heteroatoms. The number of nitrogens with zero attached hydrogens (tertiary/aromatic N) is 5. The Morgan fingerprint density at radius 3 is 2.38 bits per heavy atom. The minimum absolute atomic E-state index is 0.0492. The van der Waals surface area contributed by atoms with E-state index in [1.807, 2.05) is 11.6 Å². The van der Waals surface area contributed by atoms with Crippen LogP contribution >= 0.6 is 11.3 Å². The molecule has 192 valence electrons. The maximum atomic E-state index is 12.9. The summed E-state index contributed by atoms with van der Waals surface area (Å²) in [5.41, 5.74) is 3.33. The number of nitro benzene ring substituents is 1. The first-order valence-electron chi connectivity index (χ1n) is 11.7. The molecule has 3 heterocycles. The van der Waals surface area contributed by atoms with Gasteiger partial charge in [-0.05, 0) is 12.1 Å². The lowest BCUT2D eigenvalue weighted by Crippen LogP contribution is -2.49. The number of aromatic nitrogens is 2. The summed E-state index contributed by atoms with van der Waals surface area (Å²) in [7, 11) is 3.13. The number of ether oxygens (including phenoxy) is 2. The van der Waals surface area contributed by atoms with E-state index in [4.69, 9.17) is 14.5 Å². The molecule has 11 nitrogen and oxygen atoms in total. The second-order valence-electron chi connectivity index (χ2n) is 8.56. The molecule has 1 aliphatic heterocycles. The first-order chi connectivity index (χ1) is 17.9. The summed E-state index contributed by atoms with van der Waals surface area (Å²) in [6.07, 6.45) is 1.99. The van der Waals surface area contributed by atoms with E-state index >= 15 is 0 Å². The fourth-order valence-corrected chi connectivity index (χ4v) is 5.09. The molecule has 2 aromatic carbocycles. The molecule has 0 spiro atoms. The van der Waals surface area contributed by atoms with Gasteiger partial charge >= 0.3 is 6.03 Å². The SMILES string of the molecule is COc1cc(NC(=O)N2CCN(Cc3c(-c4ccc([N+](=O)[O-])cc4)nc4sccn34)CC2)cc(OC)c1. The Hall–Kier alpha value is -4.16. The average Bonchev–Trinajstić information content (AvgIpc) is 3.51. The number of amides is 2. The van der Waals surface area contributed by atoms with Gasteiger partial charge < -0.3 is 19.7 Å². The quantitative estimate of drug-likeness (QED) is 0.284. The van der Waals surface area contributed by atoms with Crippen LogP contribution in [0.5, 0.6) is 11.5 Å². The third-order valence-corrected chi connectivity index (χ3v) is 7.10. The van der Waals surface area contributed by atoms with Gasteiger partial charge in [-0.15, -0.1) is 11.3 Å². The van der Waals surface area contributed by atoms with Crippen LogP contribution in [-0.4, -0.2) is 70.5 Å². The van der Waals surface area contributed by atoms with E-state index < -0.39 is 4.92 Å². The van der Waals surface area contributed by atoms with Crippen molar-refractivity contribution in [3.63, 3.8) is 0 Å². The minimum Gasteiger partial charge on any atom is -0.497 e. The lowest BCUT2D eigenvalue weighted by atomic mass is 10.1. The Morgan fingerprint density at radius 2 is 1.76 bits per heavy atom. The van der Waals surface area contributed by atoms with Gasteiger partial charge in [-0.3, -0.25) is 19.4 Å². The van der Waals surface area contributed by atoms with Crippen LogP contribution in [0.1, 0.15) is 5.69 Å². The number of rotatable bonds is 7. The van der Waals surface area contributed by atoms with Gasteiger partial charge in [-0.2, -0.15) is 0 Å². The third kappa shape index (κ3) is 5.20. The molecule has 1 saturated heterocycles. The van der Waals surface area contributed by atoms with E-state index in [0.717, 1.165) is 21.9 Å². The number of piperazine rings is 1. The number of hydrogen-bond acceptors (Lipinski definition) is 8. The highest BCUT2D eigenvalue weighted by atomic mass is 32.1. The molecule has 1 N–H and O–H groups in total. The van der Waals surface area contributed by atoms with Crippen LogP contribution in [0.15, 0.2) is 54.0 Å². The lowest BCUT2D eigenvalue weighted by Gasteiger charge is -2.34. The van der Waals surface area contributed by atoms with Gasteiger partial charge in [0, 0.05) is 85.9 Å². The number of thiazole rings is 1. The standard InChI is InChI=1S/C25H26N6O5S/c1-35-20-13-18(14-21(15-20)36-2)26-24(32)29-9-7-28(8-10-29)16-22-23(27-25-30(22)11-12-37-25)17-3-5-19(6-4-17)31(33)34/h3-6,11-15H,7-10,16H2,1-2H3,(H,26,32). The van der Waals surface area contributed by atoms with E-state index in [1.54, 1.807) is 60.8 Å². The van der Waals surface area contributed by atoms with E-state index in [-0.39, 0.29) is 11.7 Å². The maximum Gasteiger partial charge on any atom is 0.321 e. The largest absolute Gasteiger partial charge is 0.497 e. The van der Waals surface area contributed by atoms with Crippen LogP contribution in [-0.2, 0) is 6.54 Å². The Balaban J connectivity index is 1.26. The van der Waals surface area contributed by atoms with Gasteiger partial charge in [0.15, 0.2) is 4.96 Å². The van der Waals surface area contributed by atoms with Crippen molar-refractivity contribution in [2.45, 2.75) is 6.54 Å². The van der Waals surface area contributed by atoms with Gasteiger partial charge in [0.1, 0.15) is 11.5 Å². The molecule has 1 aliphatic rings. The topological polar surface area (TPSA) is 114 Å². The fourth-order valence-electron chi connectivity index (χ4n) is 4.36. The van der Waals surface area contributed by atoms with Gasteiger partial charge in [0.05, 0.1) is 30.5 Å². The highest BCUT2D eigenvalue weighted by Gasteiger charge is 2.24. The number of methoxy groups -OCH3 is 2. The summed E-state index contributed by atoms with van der Waals surface area (Å²) in [6, 6.07) is 11.6. The molecule has 0 atom stereocenters. The van der Waals surface area contributed by atoms with Gasteiger partial charge in [-0.1, -0.05) is 0 Å². The van der Waals surface area contributed by atoms with Crippen molar-refractivity contribution >= 4 is 33.7 Å². The zero-order valence-corrected chi connectivity index (χ0v) is 21.2. The van der Waals surface area contributed by atoms with Crippen molar-refractivity contribution in [3.05, 3.63) is 69.8 Å². The molecule has 5 rings (SSSR count). The number of anilines is 1. The molecule has 0 saturated carbocycles. The highest BCUT2D eigenvalue weighted by Crippen LogP contribution is 2.30. The Kier molecular flexibility index (Phi) is 6.93. The molecule has 0 unspecified atom stereocenters. The second-order valence-corrected chi connectivity index (χ2v) is 9.43. The van der Waals surface area contributed by atoms with E-state index in [9.17, 15) is 14.9 Å². The maximum absolute atomic E-state index is 12.9. The van der Waals surface area contributed by atoms with Crippen molar-refractivity contribution < 1.29 is 19.2 Å². The minimum atomic E-state index is -0.406. The Morgan fingerprint density at radius 1 is 1.08 bits per heavy atom. The first kappa shape index (κ1) is 24.5. The monoisotopic (exact) mass is 522 g/mol. The van der Waals surface area contributed by atoms with E-state index in [1.165, 1.54) is 12.1 Å². The number of hydrogen-bond donors (Lipinski definition) is 1. The number of fused-ring (bicyclic) bond motifs is 1. The molecule has 4 aromatic rings. The summed E-state index contributed by atoms with van der Waals surface area (Å²) in [6.45, 7) is 3.20. The third-order valence-electron chi connectivity index (χ3n) is 6.35. The molecule has 0 aliphatic carbocycles. The van der Waals surface area contributed by atoms with E-state index in [2.05, 4.69) is 14.6 Å². The van der Waals surface area contributed by atoms with Crippen LogP contribution in [0, 0.1) is 10.1 Å². The normalized spacial score (nSPS) is 14.1. The number of imidazole rings is 1. The molecule has 2 amide bonds. The second kappa shape index (κ2) is 10.4. The summed E-state index contributed by atoms with van der Waals surface area (Å²) in [5.74, 6) is 1.20. The Bertz CT molecular complexity index is 1400. The lowest BCUT2D eigenvalue weighted by molar-refractivity contribution is -0.384. The number of carbonyl (C=O) groups is 1. The van der Waals surface area contributed by atoms with Gasteiger partial charge in [0.2, 0.25) is 0 Å². The van der Waals surface area contributed by atoms with Crippen molar-refractivity contribution in [3.8, 4) is 22.8 Å². The predicted molar refractivity (Wildman–Crippen MR) is 141 cm³/mol. The summed E-state index contributed by atoms with van der Waals surface area (Å²) in [5, 5.41) is 16.0. The van der Waals surface area contributed by atoms with Crippen LogP contribution in [0.25, 0.3) is 16.2 Å². The molecule has 2 aromatic heterocycles. The zero-order valence-electron chi connectivity index (χ0n) is 20.4. The number of non-ortho nitro benzene ring substituents is 1. The molecule has 0 radical (unpaired) electrons. The average molecular weight is 523 g/mol. The number of urea groups is 1. The van der Waals surface area contributed by atoms with Crippen LogP contribution in [0.3, 0.4) is 0 Å². The van der Waals surface area contributed by atoms with Gasteiger partial charge in [-0.25, -0.2) is 9.78 Å². The first-order valence-corrected chi connectivity index (χ1v) is 12.5. The molecular weight excluding hydrogens is 496 g/mol. The molecular formula is C25H26N6O5S. The molecule has 0 bridgehead atoms. The molecule has 37 heavy (non-hydrogen) atoms. The van der Waals surface area contributed by atoms with Crippen LogP contribution < -0.4 is 14.8 Å². The molecule has 1 fully saturated rings. The van der Waals surface area contributed by atoms with Crippen molar-refractivity contribution in [1.29, 1.82) is 0 Å². The smallest absolute Gasteiger partial charge is 0.321 e. The van der Waals surface area contributed by atoms with Crippen molar-refractivity contribution in [1.82, 2.24) is 19.2 Å². The highest BCUT2D eigenvalue weighted by molar-refractivity contribution is 7.15. The Labute approximate surface area is 217 Å². The summed E-state index contributed by atoms with van der Waals surface area (Å²) in [4.78, 5) is 33.3. The summed E-state index contributed by atoms with van der Waals surface area (Å²) < 4.78 is 12.6. The number of carbonyl (C=O) groups excluding carboxylic acids is 1. The number of nitrogens with one attached hydrogen (secondary N) is 1. The predicted octanol–water partition coefficient (Wildman–Crippen LogP) is 4.34. The van der Waals surface area contributed by atoms with Crippen molar-refractivity contribution in [2.75, 3.05) is 45.7 Å². The number of nitro groups is 1. The van der Waals surface area contributed by atoms with Crippen molar-refractivity contribution in [2.24, 2.45) is 0 Å². The van der Waals surface area contributed by atoms with Crippen LogP contribution in [0.2, 0.25) is 0 Å². The van der Waals surface area contributed by atoms with Crippen LogP contribution in [0.4, 0.5) is 16.2 Å². The van der Waals surface area contributed by atoms with E-state index in [0.29, 0.717) is 49.9 Å². The fraction of sp³-hybridized carbons (Fsp3) is 0.280.